The van der Waals surface area contributed by atoms with E-state index in [0.717, 1.165) is 12.4 Å². The Balaban J connectivity index is 1.24. The fourth-order valence-electron chi connectivity index (χ4n) is 4.55. The van der Waals surface area contributed by atoms with E-state index in [1.807, 2.05) is 4.90 Å². The zero-order chi connectivity index (χ0) is 27.7. The van der Waals surface area contributed by atoms with Gasteiger partial charge >= 0.3 is 12.4 Å². The molecule has 1 fully saturated rings. The number of piperazine rings is 1. The van der Waals surface area contributed by atoms with Crippen molar-refractivity contribution in [2.75, 3.05) is 43.1 Å². The van der Waals surface area contributed by atoms with Gasteiger partial charge in [0.1, 0.15) is 5.56 Å². The number of carbonyl (C=O) groups is 1. The molecule has 2 aromatic heterocycles. The molecule has 2 aliphatic heterocycles. The van der Waals surface area contributed by atoms with Gasteiger partial charge in [0.2, 0.25) is 5.91 Å². The molecular formula is C22H25F6N7O3. The normalized spacial score (nSPS) is 18.6. The Morgan fingerprint density at radius 2 is 1.97 bits per heavy atom. The first-order valence-corrected chi connectivity index (χ1v) is 11.8. The van der Waals surface area contributed by atoms with Crippen LogP contribution in [-0.2, 0) is 28.3 Å². The molecule has 0 radical (unpaired) electrons. The lowest BCUT2D eigenvalue weighted by Gasteiger charge is -2.45. The maximum atomic E-state index is 13.2. The lowest BCUT2D eigenvalue weighted by atomic mass is 9.99. The first kappa shape index (κ1) is 27.6. The second-order valence-corrected chi connectivity index (χ2v) is 9.10. The molecule has 2 aromatic rings. The van der Waals surface area contributed by atoms with Crippen molar-refractivity contribution in [1.82, 2.24) is 25.1 Å². The van der Waals surface area contributed by atoms with Gasteiger partial charge in [-0.2, -0.15) is 31.4 Å². The number of nitrogens with zero attached hydrogens (tertiary/aromatic N) is 5. The third-order valence-corrected chi connectivity index (χ3v) is 6.30. The molecule has 38 heavy (non-hydrogen) atoms. The highest BCUT2D eigenvalue weighted by molar-refractivity contribution is 5.76. The fourth-order valence-corrected chi connectivity index (χ4v) is 4.55. The summed E-state index contributed by atoms with van der Waals surface area (Å²) in [5.41, 5.74) is -3.94. The third-order valence-electron chi connectivity index (χ3n) is 6.30. The number of aryl methyl sites for hydroxylation is 1. The number of alkyl halides is 6. The highest BCUT2D eigenvalue weighted by Crippen LogP contribution is 2.34. The van der Waals surface area contributed by atoms with Gasteiger partial charge < -0.3 is 19.9 Å². The van der Waals surface area contributed by atoms with E-state index in [1.165, 1.54) is 0 Å². The Morgan fingerprint density at radius 3 is 2.68 bits per heavy atom. The maximum absolute atomic E-state index is 13.2. The van der Waals surface area contributed by atoms with Crippen LogP contribution in [0.5, 0.6) is 0 Å². The molecule has 2 atom stereocenters. The SMILES string of the molecule is C[C@@H](COCCC(=O)N1CCN2c3ncc(C(F)(F)F)nc3CC[C@@H]2C1)Nc1cn[nH]c(=O)c1C(F)(F)F. The van der Waals surface area contributed by atoms with E-state index in [9.17, 15) is 35.9 Å². The van der Waals surface area contributed by atoms with E-state index in [1.54, 1.807) is 16.9 Å². The van der Waals surface area contributed by atoms with Crippen LogP contribution in [0.1, 0.15) is 36.7 Å². The van der Waals surface area contributed by atoms with Gasteiger partial charge in [-0.1, -0.05) is 0 Å². The van der Waals surface area contributed by atoms with Gasteiger partial charge in [-0.3, -0.25) is 9.59 Å². The molecule has 208 valence electrons. The molecule has 16 heteroatoms. The smallest absolute Gasteiger partial charge is 0.379 e. The van der Waals surface area contributed by atoms with Gasteiger partial charge in [0, 0.05) is 31.7 Å². The molecule has 1 saturated heterocycles. The number of H-pyrrole nitrogens is 1. The first-order valence-electron chi connectivity index (χ1n) is 11.8. The van der Waals surface area contributed by atoms with Crippen molar-refractivity contribution in [3.05, 3.63) is 39.7 Å². The zero-order valence-corrected chi connectivity index (χ0v) is 20.2. The number of hydrogen-bond acceptors (Lipinski definition) is 8. The largest absolute Gasteiger partial charge is 0.434 e. The highest BCUT2D eigenvalue weighted by Gasteiger charge is 2.39. The maximum Gasteiger partial charge on any atom is 0.434 e. The lowest BCUT2D eigenvalue weighted by Crippen LogP contribution is -2.57. The van der Waals surface area contributed by atoms with Gasteiger partial charge in [-0.25, -0.2) is 15.1 Å². The molecule has 0 unspecified atom stereocenters. The Labute approximate surface area is 212 Å². The Hall–Kier alpha value is -3.43. The summed E-state index contributed by atoms with van der Waals surface area (Å²) in [6.07, 6.45) is -6.94. The second kappa shape index (κ2) is 10.7. The summed E-state index contributed by atoms with van der Waals surface area (Å²) in [6.45, 7) is 2.70. The minimum atomic E-state index is -4.87. The summed E-state index contributed by atoms with van der Waals surface area (Å²) < 4.78 is 83.8. The number of aromatic nitrogens is 4. The van der Waals surface area contributed by atoms with Crippen molar-refractivity contribution >= 4 is 17.4 Å². The topological polar surface area (TPSA) is 116 Å². The van der Waals surface area contributed by atoms with E-state index in [4.69, 9.17) is 4.74 Å². The molecule has 4 rings (SSSR count). The number of ether oxygens (including phenoxy) is 1. The standard InChI is InChI=1S/C22H25F6N7O3/c1-12(31-15-8-30-33-20(37)18(15)22(26,27)28)11-38-7-4-17(36)34-5-6-35-13(10-34)2-3-14-19(35)29-9-16(32-14)21(23,24)25/h8-9,12-13H,2-7,10-11H2,1H3,(H2,31,33,37)/t12-,13+/m0/s1. The number of rotatable bonds is 7. The summed E-state index contributed by atoms with van der Waals surface area (Å²) in [4.78, 5) is 35.5. The van der Waals surface area contributed by atoms with Crippen molar-refractivity contribution in [1.29, 1.82) is 0 Å². The number of nitrogens with one attached hydrogen (secondary N) is 2. The summed E-state index contributed by atoms with van der Waals surface area (Å²) in [6, 6.07) is -0.707. The first-order chi connectivity index (χ1) is 17.8. The van der Waals surface area contributed by atoms with Crippen molar-refractivity contribution in [3.63, 3.8) is 0 Å². The average Bonchev–Trinajstić information content (AvgIpc) is 2.84. The molecule has 10 nitrogen and oxygen atoms in total. The van der Waals surface area contributed by atoms with Crippen LogP contribution in [0.3, 0.4) is 0 Å². The van der Waals surface area contributed by atoms with E-state index >= 15 is 0 Å². The predicted molar refractivity (Wildman–Crippen MR) is 121 cm³/mol. The zero-order valence-electron chi connectivity index (χ0n) is 20.2. The van der Waals surface area contributed by atoms with E-state index < -0.39 is 40.9 Å². The van der Waals surface area contributed by atoms with Gasteiger partial charge in [0.15, 0.2) is 11.5 Å². The number of hydrogen-bond donors (Lipinski definition) is 2. The highest BCUT2D eigenvalue weighted by atomic mass is 19.4. The summed E-state index contributed by atoms with van der Waals surface area (Å²) in [7, 11) is 0. The summed E-state index contributed by atoms with van der Waals surface area (Å²) >= 11 is 0. The van der Waals surface area contributed by atoms with E-state index in [0.29, 0.717) is 44.0 Å². The van der Waals surface area contributed by atoms with Crippen molar-refractivity contribution in [2.45, 2.75) is 50.6 Å². The van der Waals surface area contributed by atoms with E-state index in [-0.39, 0.29) is 31.6 Å². The predicted octanol–water partition coefficient (Wildman–Crippen LogP) is 2.47. The minimum Gasteiger partial charge on any atom is -0.379 e. The van der Waals surface area contributed by atoms with Crippen molar-refractivity contribution < 1.29 is 35.9 Å². The van der Waals surface area contributed by atoms with Crippen LogP contribution >= 0.6 is 0 Å². The van der Waals surface area contributed by atoms with Crippen LogP contribution < -0.4 is 15.8 Å². The van der Waals surface area contributed by atoms with Crippen LogP contribution in [-0.4, -0.2) is 75.9 Å². The molecule has 0 aromatic carbocycles. The lowest BCUT2D eigenvalue weighted by molar-refractivity contribution is -0.141. The van der Waals surface area contributed by atoms with Crippen LogP contribution in [0.2, 0.25) is 0 Å². The Morgan fingerprint density at radius 1 is 1.21 bits per heavy atom. The molecule has 4 heterocycles. The number of carbonyl (C=O) groups excluding carboxylic acids is 1. The van der Waals surface area contributed by atoms with Gasteiger partial charge in [0.25, 0.3) is 5.56 Å². The Kier molecular flexibility index (Phi) is 7.80. The van der Waals surface area contributed by atoms with Crippen LogP contribution in [0.4, 0.5) is 37.8 Å². The molecule has 0 saturated carbocycles. The fraction of sp³-hybridized carbons (Fsp3) is 0.591. The molecule has 0 aliphatic carbocycles. The minimum absolute atomic E-state index is 0.0247. The molecule has 2 N–H and O–H groups in total. The van der Waals surface area contributed by atoms with E-state index in [2.05, 4.69) is 20.4 Å². The number of amides is 1. The van der Waals surface area contributed by atoms with Crippen molar-refractivity contribution in [3.8, 4) is 0 Å². The van der Waals surface area contributed by atoms with Crippen LogP contribution in [0.15, 0.2) is 17.2 Å². The third kappa shape index (κ3) is 6.16. The molecule has 0 spiro atoms. The number of anilines is 2. The van der Waals surface area contributed by atoms with Crippen molar-refractivity contribution in [2.24, 2.45) is 0 Å². The van der Waals surface area contributed by atoms with Gasteiger partial charge in [0.05, 0.1) is 43.4 Å². The molecule has 1 amide bonds. The van der Waals surface area contributed by atoms with Gasteiger partial charge in [-0.15, -0.1) is 0 Å². The van der Waals surface area contributed by atoms with Crippen LogP contribution in [0.25, 0.3) is 0 Å². The second-order valence-electron chi connectivity index (χ2n) is 9.10. The average molecular weight is 549 g/mol. The quantitative estimate of drug-likeness (QED) is 0.400. The number of halogens is 6. The molecule has 0 bridgehead atoms. The number of aromatic amines is 1. The molecular weight excluding hydrogens is 524 g/mol. The van der Waals surface area contributed by atoms with Gasteiger partial charge in [-0.05, 0) is 19.8 Å². The summed E-state index contributed by atoms with van der Waals surface area (Å²) in [5, 5.41) is 7.71. The summed E-state index contributed by atoms with van der Waals surface area (Å²) in [5.74, 6) is 0.239. The Bertz CT molecular complexity index is 1220. The number of fused-ring (bicyclic) bond motifs is 3. The van der Waals surface area contributed by atoms with Crippen LogP contribution in [0, 0.1) is 0 Å². The monoisotopic (exact) mass is 549 g/mol. The molecule has 2 aliphatic rings.